The molecule has 2 aromatic rings. The molecule has 7 nitrogen and oxygen atoms in total. The second-order valence-corrected chi connectivity index (χ2v) is 10.4. The van der Waals surface area contributed by atoms with Crippen LogP contribution in [0, 0.1) is 0 Å². The van der Waals surface area contributed by atoms with Crippen molar-refractivity contribution in [3.8, 4) is 0 Å². The van der Waals surface area contributed by atoms with Gasteiger partial charge in [0.2, 0.25) is 10.0 Å². The number of benzene rings is 1. The van der Waals surface area contributed by atoms with Crippen molar-refractivity contribution in [3.63, 3.8) is 0 Å². The van der Waals surface area contributed by atoms with Crippen LogP contribution >= 0.6 is 11.3 Å². The summed E-state index contributed by atoms with van der Waals surface area (Å²) < 4.78 is 49.1. The first-order valence-corrected chi connectivity index (χ1v) is 10.9. The van der Waals surface area contributed by atoms with Crippen LogP contribution in [0.15, 0.2) is 44.8 Å². The summed E-state index contributed by atoms with van der Waals surface area (Å²) in [5.74, 6) is 0. The third-order valence-electron chi connectivity index (χ3n) is 3.79. The van der Waals surface area contributed by atoms with E-state index < -0.39 is 26.2 Å². The van der Waals surface area contributed by atoms with Crippen molar-refractivity contribution in [1.82, 2.24) is 4.31 Å². The minimum atomic E-state index is -4.02. The summed E-state index contributed by atoms with van der Waals surface area (Å²) in [6, 6.07) is 10.5. The summed E-state index contributed by atoms with van der Waals surface area (Å²) in [7, 11) is -7.87. The molecule has 0 fully saturated rings. The molecule has 0 radical (unpaired) electrons. The van der Waals surface area contributed by atoms with Gasteiger partial charge in [-0.1, -0.05) is 30.3 Å². The summed E-state index contributed by atoms with van der Waals surface area (Å²) >= 11 is 0.576. The second kappa shape index (κ2) is 6.21. The van der Waals surface area contributed by atoms with E-state index in [0.29, 0.717) is 17.8 Å². The van der Waals surface area contributed by atoms with Crippen LogP contribution in [0.1, 0.15) is 17.2 Å². The van der Waals surface area contributed by atoms with Crippen LogP contribution in [0.5, 0.6) is 0 Å². The molecule has 0 amide bonds. The van der Waals surface area contributed by atoms with Crippen LogP contribution in [0.25, 0.3) is 0 Å². The van der Waals surface area contributed by atoms with Crippen LogP contribution in [0.3, 0.4) is 0 Å². The highest BCUT2D eigenvalue weighted by molar-refractivity contribution is 7.94. The SMILES string of the molecule is NS(=O)(=O)c1cc2c(s1)S(=O)(=O)N(CCc1ccccc1)C[C@H]2O. The van der Waals surface area contributed by atoms with E-state index in [1.807, 2.05) is 30.3 Å². The van der Waals surface area contributed by atoms with Crippen molar-refractivity contribution in [3.05, 3.63) is 47.5 Å². The number of nitrogens with two attached hydrogens (primary N) is 1. The van der Waals surface area contributed by atoms with Gasteiger partial charge in [-0.05, 0) is 18.1 Å². The molecule has 0 aliphatic carbocycles. The molecule has 1 atom stereocenters. The fraction of sp³-hybridized carbons (Fsp3) is 0.286. The van der Waals surface area contributed by atoms with E-state index >= 15 is 0 Å². The number of aliphatic hydroxyl groups excluding tert-OH is 1. The smallest absolute Gasteiger partial charge is 0.253 e. The zero-order valence-corrected chi connectivity index (χ0v) is 14.9. The number of β-amino-alcohol motifs (C(OH)–C–C–N with tert-alkyl or cyclic N) is 1. The Morgan fingerprint density at radius 3 is 2.58 bits per heavy atom. The van der Waals surface area contributed by atoms with E-state index in [4.69, 9.17) is 5.14 Å². The monoisotopic (exact) mass is 388 g/mol. The van der Waals surface area contributed by atoms with Crippen molar-refractivity contribution in [2.45, 2.75) is 20.9 Å². The Hall–Kier alpha value is -1.30. The van der Waals surface area contributed by atoms with Gasteiger partial charge >= 0.3 is 0 Å². The molecule has 24 heavy (non-hydrogen) atoms. The van der Waals surface area contributed by atoms with Crippen LogP contribution in [0.4, 0.5) is 0 Å². The fourth-order valence-corrected chi connectivity index (χ4v) is 6.80. The minimum Gasteiger partial charge on any atom is -0.387 e. The number of hydrogen-bond acceptors (Lipinski definition) is 6. The zero-order chi connectivity index (χ0) is 17.5. The van der Waals surface area contributed by atoms with Gasteiger partial charge in [-0.25, -0.2) is 22.0 Å². The van der Waals surface area contributed by atoms with Crippen molar-refractivity contribution >= 4 is 31.4 Å². The summed E-state index contributed by atoms with van der Waals surface area (Å²) in [5.41, 5.74) is 1.07. The lowest BCUT2D eigenvalue weighted by Crippen LogP contribution is -2.40. The highest BCUT2D eigenvalue weighted by atomic mass is 32.3. The van der Waals surface area contributed by atoms with Crippen molar-refractivity contribution in [1.29, 1.82) is 0 Å². The second-order valence-electron chi connectivity index (χ2n) is 5.47. The van der Waals surface area contributed by atoms with Gasteiger partial charge in [-0.3, -0.25) is 0 Å². The molecule has 0 saturated heterocycles. The molecule has 0 spiro atoms. The van der Waals surface area contributed by atoms with Gasteiger partial charge in [-0.15, -0.1) is 11.3 Å². The van der Waals surface area contributed by atoms with Gasteiger partial charge in [0.1, 0.15) is 8.42 Å². The topological polar surface area (TPSA) is 118 Å². The lowest BCUT2D eigenvalue weighted by atomic mass is 10.1. The molecule has 2 heterocycles. The van der Waals surface area contributed by atoms with Crippen LogP contribution in [-0.2, 0) is 26.5 Å². The number of nitrogens with zero attached hydrogens (tertiary/aromatic N) is 1. The summed E-state index contributed by atoms with van der Waals surface area (Å²) in [4.78, 5) is 0. The molecule has 3 N–H and O–H groups in total. The number of rotatable bonds is 4. The molecule has 1 aliphatic heterocycles. The first-order valence-electron chi connectivity index (χ1n) is 7.08. The van der Waals surface area contributed by atoms with Crippen LogP contribution < -0.4 is 5.14 Å². The van der Waals surface area contributed by atoms with Crippen LogP contribution in [0.2, 0.25) is 0 Å². The van der Waals surface area contributed by atoms with Gasteiger partial charge < -0.3 is 5.11 Å². The predicted octanol–water partition coefficient (Wildman–Crippen LogP) is 0.676. The van der Waals surface area contributed by atoms with E-state index in [1.165, 1.54) is 4.31 Å². The standard InChI is InChI=1S/C14H16N2O5S3/c15-23(18,19)13-8-11-12(17)9-16(24(20,21)14(11)22-13)7-6-10-4-2-1-3-5-10/h1-5,8,12,17H,6-7,9H2,(H2,15,18,19)/t12-/m1/s1. The zero-order valence-electron chi connectivity index (χ0n) is 12.5. The van der Waals surface area contributed by atoms with Crippen molar-refractivity contribution < 1.29 is 21.9 Å². The molecule has 130 valence electrons. The Morgan fingerprint density at radius 2 is 1.96 bits per heavy atom. The van der Waals surface area contributed by atoms with E-state index in [9.17, 15) is 21.9 Å². The van der Waals surface area contributed by atoms with E-state index in [1.54, 1.807) is 0 Å². The third kappa shape index (κ3) is 3.25. The number of fused-ring (bicyclic) bond motifs is 1. The van der Waals surface area contributed by atoms with Gasteiger partial charge in [0, 0.05) is 18.7 Å². The average Bonchev–Trinajstić information content (AvgIpc) is 2.98. The summed E-state index contributed by atoms with van der Waals surface area (Å²) in [6.07, 6.45) is -0.582. The molecule has 0 unspecified atom stereocenters. The first kappa shape index (κ1) is 17.5. The van der Waals surface area contributed by atoms with Crippen molar-refractivity contribution in [2.24, 2.45) is 5.14 Å². The van der Waals surface area contributed by atoms with Crippen LogP contribution in [-0.4, -0.2) is 39.3 Å². The molecule has 10 heteroatoms. The van der Waals surface area contributed by atoms with Crippen molar-refractivity contribution in [2.75, 3.05) is 13.1 Å². The Labute approximate surface area is 144 Å². The highest BCUT2D eigenvalue weighted by Crippen LogP contribution is 2.39. The molecular formula is C14H16N2O5S3. The van der Waals surface area contributed by atoms with Gasteiger partial charge in [0.15, 0.2) is 0 Å². The van der Waals surface area contributed by atoms with E-state index in [2.05, 4.69) is 0 Å². The molecule has 1 aliphatic rings. The number of thiophene rings is 1. The van der Waals surface area contributed by atoms with Gasteiger partial charge in [-0.2, -0.15) is 4.31 Å². The molecule has 1 aromatic heterocycles. The predicted molar refractivity (Wildman–Crippen MR) is 89.6 cm³/mol. The first-order chi connectivity index (χ1) is 11.2. The van der Waals surface area contributed by atoms with E-state index in [0.717, 1.165) is 11.6 Å². The minimum absolute atomic E-state index is 0.0972. The molecular weight excluding hydrogens is 372 g/mol. The summed E-state index contributed by atoms with van der Waals surface area (Å²) in [6.45, 7) is 0.0917. The number of hydrogen-bond donors (Lipinski definition) is 2. The number of sulfonamides is 2. The number of aliphatic hydroxyl groups is 1. The molecule has 1 aromatic carbocycles. The lowest BCUT2D eigenvalue weighted by Gasteiger charge is -2.29. The largest absolute Gasteiger partial charge is 0.387 e. The lowest BCUT2D eigenvalue weighted by molar-refractivity contribution is 0.139. The average molecular weight is 388 g/mol. The maximum atomic E-state index is 12.7. The normalized spacial score (nSPS) is 20.7. The fourth-order valence-electron chi connectivity index (χ4n) is 2.56. The Morgan fingerprint density at radius 1 is 1.29 bits per heavy atom. The highest BCUT2D eigenvalue weighted by Gasteiger charge is 2.39. The number of primary sulfonamides is 1. The maximum absolute atomic E-state index is 12.7. The molecule has 3 rings (SSSR count). The molecule has 0 bridgehead atoms. The summed E-state index contributed by atoms with van der Waals surface area (Å²) in [5, 5.41) is 15.3. The van der Waals surface area contributed by atoms with Gasteiger partial charge in [0.05, 0.1) is 6.10 Å². The Bertz CT molecular complexity index is 952. The molecule has 0 saturated carbocycles. The third-order valence-corrected chi connectivity index (χ3v) is 8.75. The quantitative estimate of drug-likeness (QED) is 0.798. The Balaban J connectivity index is 1.91. The van der Waals surface area contributed by atoms with Gasteiger partial charge in [0.25, 0.3) is 10.0 Å². The van der Waals surface area contributed by atoms with E-state index in [-0.39, 0.29) is 27.1 Å². The maximum Gasteiger partial charge on any atom is 0.253 e. The Kier molecular flexibility index (Phi) is 4.53.